The fourth-order valence-corrected chi connectivity index (χ4v) is 3.25. The number of methoxy groups -OCH3 is 1. The molecule has 2 aromatic carbocycles. The average Bonchev–Trinajstić information content (AvgIpc) is 2.67. The van der Waals surface area contributed by atoms with Gasteiger partial charge in [0, 0.05) is 4.47 Å². The number of nitrogens with zero attached hydrogens (tertiary/aromatic N) is 3. The minimum absolute atomic E-state index is 0.260. The fourth-order valence-electron chi connectivity index (χ4n) is 2.62. The lowest BCUT2D eigenvalue weighted by Crippen LogP contribution is -2.20. The van der Waals surface area contributed by atoms with Crippen LogP contribution in [0.1, 0.15) is 11.4 Å². The fraction of sp³-hybridized carbons (Fsp3) is 0.150. The molecule has 3 aromatic rings. The molecule has 0 unspecified atom stereocenters. The molecular formula is C20H17BrClN3O3. The van der Waals surface area contributed by atoms with E-state index in [0.717, 1.165) is 4.47 Å². The van der Waals surface area contributed by atoms with E-state index in [4.69, 9.17) is 21.1 Å². The molecule has 0 aliphatic carbocycles. The molecule has 0 bridgehead atoms. The molecule has 1 heterocycles. The molecule has 144 valence electrons. The van der Waals surface area contributed by atoms with E-state index in [-0.39, 0.29) is 5.56 Å². The maximum atomic E-state index is 12.8. The molecule has 0 spiro atoms. The number of fused-ring (bicyclic) bond motifs is 1. The Morgan fingerprint density at radius 2 is 2.14 bits per heavy atom. The molecule has 28 heavy (non-hydrogen) atoms. The highest BCUT2D eigenvalue weighted by Crippen LogP contribution is 2.36. The lowest BCUT2D eigenvalue weighted by Gasteiger charge is -2.12. The van der Waals surface area contributed by atoms with Crippen LogP contribution in [0.5, 0.6) is 11.5 Å². The first-order valence-electron chi connectivity index (χ1n) is 8.29. The van der Waals surface area contributed by atoms with Crippen molar-refractivity contribution in [3.8, 4) is 11.5 Å². The summed E-state index contributed by atoms with van der Waals surface area (Å²) in [7, 11) is 1.52. The molecule has 0 saturated carbocycles. The Hall–Kier alpha value is -2.64. The number of rotatable bonds is 6. The molecule has 0 amide bonds. The van der Waals surface area contributed by atoms with E-state index in [1.165, 1.54) is 18.0 Å². The highest BCUT2D eigenvalue weighted by Gasteiger charge is 2.12. The van der Waals surface area contributed by atoms with Crippen molar-refractivity contribution in [2.45, 2.75) is 6.92 Å². The third kappa shape index (κ3) is 4.10. The van der Waals surface area contributed by atoms with Gasteiger partial charge in [-0.25, -0.2) is 4.98 Å². The van der Waals surface area contributed by atoms with Crippen molar-refractivity contribution in [2.75, 3.05) is 13.7 Å². The van der Waals surface area contributed by atoms with Gasteiger partial charge in [-0.2, -0.15) is 9.78 Å². The summed E-state index contributed by atoms with van der Waals surface area (Å²) in [6, 6.07) is 8.75. The number of aryl methyl sites for hydroxylation is 1. The van der Waals surface area contributed by atoms with Crippen LogP contribution in [0.3, 0.4) is 0 Å². The van der Waals surface area contributed by atoms with Gasteiger partial charge < -0.3 is 9.47 Å². The second-order valence-corrected chi connectivity index (χ2v) is 7.14. The average molecular weight is 463 g/mol. The van der Waals surface area contributed by atoms with Crippen molar-refractivity contribution >= 4 is 44.6 Å². The third-order valence-electron chi connectivity index (χ3n) is 3.89. The van der Waals surface area contributed by atoms with Gasteiger partial charge in [0.15, 0.2) is 11.5 Å². The Labute approximate surface area is 175 Å². The van der Waals surface area contributed by atoms with Gasteiger partial charge in [-0.3, -0.25) is 4.79 Å². The molecule has 0 aliphatic rings. The smallest absolute Gasteiger partial charge is 0.282 e. The van der Waals surface area contributed by atoms with E-state index >= 15 is 0 Å². The SMILES string of the molecule is C=CCOc1c(Cl)cc(C=Nn2c(C)nc3ccc(Br)cc3c2=O)cc1OC. The van der Waals surface area contributed by atoms with E-state index in [9.17, 15) is 4.79 Å². The molecular weight excluding hydrogens is 446 g/mol. The largest absolute Gasteiger partial charge is 0.493 e. The highest BCUT2D eigenvalue weighted by atomic mass is 79.9. The molecule has 0 aliphatic heterocycles. The number of hydrogen-bond donors (Lipinski definition) is 0. The molecule has 0 N–H and O–H groups in total. The first kappa shape index (κ1) is 20.1. The summed E-state index contributed by atoms with van der Waals surface area (Å²) in [5, 5.41) is 5.13. The Morgan fingerprint density at radius 1 is 1.36 bits per heavy atom. The predicted molar refractivity (Wildman–Crippen MR) is 115 cm³/mol. The van der Waals surface area contributed by atoms with E-state index in [1.54, 1.807) is 37.3 Å². The lowest BCUT2D eigenvalue weighted by molar-refractivity contribution is 0.326. The van der Waals surface area contributed by atoms with Crippen LogP contribution in [0.15, 0.2) is 57.4 Å². The van der Waals surface area contributed by atoms with Gasteiger partial charge in [-0.15, -0.1) is 0 Å². The number of aromatic nitrogens is 2. The van der Waals surface area contributed by atoms with E-state index in [2.05, 4.69) is 32.6 Å². The van der Waals surface area contributed by atoms with Gasteiger partial charge in [0.25, 0.3) is 5.56 Å². The van der Waals surface area contributed by atoms with Crippen LogP contribution in [-0.4, -0.2) is 29.6 Å². The lowest BCUT2D eigenvalue weighted by atomic mass is 10.2. The zero-order valence-corrected chi connectivity index (χ0v) is 17.6. The summed E-state index contributed by atoms with van der Waals surface area (Å²) >= 11 is 9.67. The van der Waals surface area contributed by atoms with Crippen LogP contribution in [0.4, 0.5) is 0 Å². The third-order valence-corrected chi connectivity index (χ3v) is 4.66. The second-order valence-electron chi connectivity index (χ2n) is 5.82. The Morgan fingerprint density at radius 3 is 2.86 bits per heavy atom. The van der Waals surface area contributed by atoms with E-state index < -0.39 is 0 Å². The minimum Gasteiger partial charge on any atom is -0.493 e. The van der Waals surface area contributed by atoms with E-state index in [1.807, 2.05) is 6.07 Å². The van der Waals surface area contributed by atoms with Crippen LogP contribution in [-0.2, 0) is 0 Å². The quantitative estimate of drug-likeness (QED) is 0.397. The van der Waals surface area contributed by atoms with E-state index in [0.29, 0.717) is 45.4 Å². The van der Waals surface area contributed by atoms with Gasteiger partial charge in [0.1, 0.15) is 12.4 Å². The normalized spacial score (nSPS) is 11.1. The topological polar surface area (TPSA) is 65.7 Å². The van der Waals surface area contributed by atoms with Crippen molar-refractivity contribution in [3.63, 3.8) is 0 Å². The summed E-state index contributed by atoms with van der Waals surface area (Å²) in [5.41, 5.74) is 1.00. The van der Waals surface area contributed by atoms with Gasteiger partial charge in [0.2, 0.25) is 0 Å². The summed E-state index contributed by atoms with van der Waals surface area (Å²) in [5.74, 6) is 1.35. The summed E-state index contributed by atoms with van der Waals surface area (Å²) in [6.45, 7) is 5.64. The van der Waals surface area contributed by atoms with Gasteiger partial charge in [-0.1, -0.05) is 40.2 Å². The first-order chi connectivity index (χ1) is 13.4. The van der Waals surface area contributed by atoms with Gasteiger partial charge >= 0.3 is 0 Å². The molecule has 0 fully saturated rings. The molecule has 6 nitrogen and oxygen atoms in total. The number of benzene rings is 2. The monoisotopic (exact) mass is 461 g/mol. The molecule has 0 atom stereocenters. The summed E-state index contributed by atoms with van der Waals surface area (Å²) in [6.07, 6.45) is 3.14. The summed E-state index contributed by atoms with van der Waals surface area (Å²) in [4.78, 5) is 17.2. The number of ether oxygens (including phenoxy) is 2. The molecule has 8 heteroatoms. The molecule has 1 aromatic heterocycles. The van der Waals surface area contributed by atoms with Gasteiger partial charge in [0.05, 0.1) is 29.2 Å². The summed E-state index contributed by atoms with van der Waals surface area (Å²) < 4.78 is 12.9. The van der Waals surface area contributed by atoms with Crippen molar-refractivity contribution in [2.24, 2.45) is 5.10 Å². The molecule has 3 rings (SSSR count). The standard InChI is InChI=1S/C20H17BrClN3O3/c1-4-7-28-19-16(22)8-13(9-18(19)27-3)11-23-25-12(2)24-17-6-5-14(21)10-15(17)20(25)26/h4-6,8-11H,1,7H2,2-3H3. The second kappa shape index (κ2) is 8.58. The van der Waals surface area contributed by atoms with Crippen molar-refractivity contribution in [3.05, 3.63) is 74.2 Å². The minimum atomic E-state index is -0.260. The van der Waals surface area contributed by atoms with Crippen LogP contribution in [0.2, 0.25) is 5.02 Å². The maximum absolute atomic E-state index is 12.8. The predicted octanol–water partition coefficient (Wildman–Crippen LogP) is 4.58. The number of halogens is 2. The molecule has 0 saturated heterocycles. The first-order valence-corrected chi connectivity index (χ1v) is 9.46. The van der Waals surface area contributed by atoms with Crippen molar-refractivity contribution in [1.82, 2.24) is 9.66 Å². The van der Waals surface area contributed by atoms with Crippen LogP contribution < -0.4 is 15.0 Å². The van der Waals surface area contributed by atoms with Crippen LogP contribution in [0.25, 0.3) is 10.9 Å². The van der Waals surface area contributed by atoms with Crippen LogP contribution >= 0.6 is 27.5 Å². The van der Waals surface area contributed by atoms with Crippen molar-refractivity contribution in [1.29, 1.82) is 0 Å². The maximum Gasteiger partial charge on any atom is 0.282 e. The van der Waals surface area contributed by atoms with Gasteiger partial charge in [-0.05, 0) is 42.8 Å². The molecule has 0 radical (unpaired) electrons. The zero-order chi connectivity index (χ0) is 20.3. The van der Waals surface area contributed by atoms with Crippen molar-refractivity contribution < 1.29 is 9.47 Å². The Balaban J connectivity index is 2.03. The van der Waals surface area contributed by atoms with Crippen LogP contribution in [0, 0.1) is 6.92 Å². The Kier molecular flexibility index (Phi) is 6.16. The highest BCUT2D eigenvalue weighted by molar-refractivity contribution is 9.10. The zero-order valence-electron chi connectivity index (χ0n) is 15.3. The number of hydrogen-bond acceptors (Lipinski definition) is 5. The Bertz CT molecular complexity index is 1140.